The Bertz CT molecular complexity index is 657. The number of unbranched alkanes of at least 4 members (excludes halogenated alkanes) is 12. The fourth-order valence-electron chi connectivity index (χ4n) is 5.12. The highest BCUT2D eigenvalue weighted by Crippen LogP contribution is 2.27. The van der Waals surface area contributed by atoms with Crippen molar-refractivity contribution in [3.05, 3.63) is 0 Å². The molecule has 0 N–H and O–H groups in total. The molecule has 0 aromatic heterocycles. The molecular weight excluding hydrogens is 768 g/mol. The summed E-state index contributed by atoms with van der Waals surface area (Å²) in [5, 5.41) is 0. The van der Waals surface area contributed by atoms with Crippen LogP contribution in [0.15, 0.2) is 0 Å². The molecule has 0 aromatic rings. The van der Waals surface area contributed by atoms with E-state index in [4.69, 9.17) is 14.2 Å². The standard InChI is InChI=1S/C36H65Br3O6/c1-5-9-12-15-18-21-30(37)24-27-33(40)43-36(8-4,44-34(41)28-25-31(38)22-19-16-13-10-6-2)45-35(42)29-26-32(39)23-20-17-14-11-7-3/h30-32H,5-29H2,1-4H3. The van der Waals surface area contributed by atoms with E-state index < -0.39 is 23.9 Å². The minimum absolute atomic E-state index is 0.0235. The van der Waals surface area contributed by atoms with E-state index in [-0.39, 0.29) is 40.2 Å². The Morgan fingerprint density at radius 1 is 0.444 bits per heavy atom. The summed E-state index contributed by atoms with van der Waals surface area (Å²) >= 11 is 11.1. The maximum Gasteiger partial charge on any atom is 0.423 e. The molecule has 3 unspecified atom stereocenters. The van der Waals surface area contributed by atoms with E-state index in [1.54, 1.807) is 6.92 Å². The molecular formula is C36H65Br3O6. The molecule has 0 fully saturated rings. The summed E-state index contributed by atoms with van der Waals surface area (Å²) in [5.41, 5.74) is 0. The quantitative estimate of drug-likeness (QED) is 0.0300. The Hall–Kier alpha value is -0.150. The fraction of sp³-hybridized carbons (Fsp3) is 0.917. The van der Waals surface area contributed by atoms with Gasteiger partial charge < -0.3 is 14.2 Å². The van der Waals surface area contributed by atoms with Gasteiger partial charge >= 0.3 is 23.9 Å². The number of hydrogen-bond acceptors (Lipinski definition) is 6. The zero-order valence-corrected chi connectivity index (χ0v) is 33.8. The highest BCUT2D eigenvalue weighted by molar-refractivity contribution is 9.10. The number of carbonyl (C=O) groups is 3. The number of hydrogen-bond donors (Lipinski definition) is 0. The van der Waals surface area contributed by atoms with Crippen LogP contribution in [-0.2, 0) is 28.6 Å². The average Bonchev–Trinajstić information content (AvgIpc) is 3.01. The number of esters is 3. The van der Waals surface area contributed by atoms with Crippen molar-refractivity contribution >= 4 is 65.7 Å². The normalized spacial score (nSPS) is 14.7. The molecule has 0 radical (unpaired) electrons. The van der Waals surface area contributed by atoms with E-state index in [1.165, 1.54) is 77.0 Å². The third-order valence-corrected chi connectivity index (χ3v) is 10.8. The predicted octanol–water partition coefficient (Wildman–Crippen LogP) is 12.4. The summed E-state index contributed by atoms with van der Waals surface area (Å²) < 4.78 is 17.1. The first-order valence-corrected chi connectivity index (χ1v) is 20.9. The molecule has 9 heteroatoms. The van der Waals surface area contributed by atoms with Crippen LogP contribution in [0.25, 0.3) is 0 Å². The van der Waals surface area contributed by atoms with Crippen molar-refractivity contribution in [1.82, 2.24) is 0 Å². The summed E-state index contributed by atoms with van der Waals surface area (Å²) in [4.78, 5) is 39.5. The van der Waals surface area contributed by atoms with Crippen LogP contribution in [-0.4, -0.2) is 38.4 Å². The highest BCUT2D eigenvalue weighted by atomic mass is 79.9. The Balaban J connectivity index is 5.10. The number of ether oxygens (including phenoxy) is 3. The van der Waals surface area contributed by atoms with Gasteiger partial charge in [-0.2, -0.15) is 0 Å². The van der Waals surface area contributed by atoms with Gasteiger partial charge in [-0.3, -0.25) is 14.4 Å². The van der Waals surface area contributed by atoms with E-state index in [0.717, 1.165) is 38.5 Å². The second kappa shape index (κ2) is 29.9. The SMILES string of the molecule is CCCCCCCC(Br)CCC(=O)OC(CC)(OC(=O)CCC(Br)CCCCCCC)OC(=O)CCC(Br)CCCCCCC. The average molecular weight is 834 g/mol. The monoisotopic (exact) mass is 830 g/mol. The topological polar surface area (TPSA) is 78.9 Å². The molecule has 0 aliphatic rings. The molecule has 0 amide bonds. The van der Waals surface area contributed by atoms with Gasteiger partial charge in [0.05, 0.1) is 6.42 Å². The minimum Gasteiger partial charge on any atom is -0.388 e. The van der Waals surface area contributed by atoms with Gasteiger partial charge in [-0.1, -0.05) is 172 Å². The lowest BCUT2D eigenvalue weighted by Gasteiger charge is -2.31. The fourth-order valence-corrected chi connectivity index (χ4v) is 6.77. The number of halogens is 3. The molecule has 0 bridgehead atoms. The van der Waals surface area contributed by atoms with Crippen molar-refractivity contribution in [1.29, 1.82) is 0 Å². The van der Waals surface area contributed by atoms with Gasteiger partial charge in [0.2, 0.25) is 0 Å². The first-order valence-electron chi connectivity index (χ1n) is 18.2. The molecule has 0 heterocycles. The summed E-state index contributed by atoms with van der Waals surface area (Å²) in [6, 6.07) is 0. The van der Waals surface area contributed by atoms with Crippen molar-refractivity contribution in [2.24, 2.45) is 0 Å². The Labute approximate surface area is 301 Å². The summed E-state index contributed by atoms with van der Waals surface area (Å²) in [6.07, 6.45) is 23.2. The van der Waals surface area contributed by atoms with E-state index in [1.807, 2.05) is 0 Å². The van der Waals surface area contributed by atoms with Gasteiger partial charge in [0, 0.05) is 33.7 Å². The minimum atomic E-state index is -2.04. The molecule has 0 rings (SSSR count). The molecule has 266 valence electrons. The molecule has 3 atom stereocenters. The maximum absolute atomic E-state index is 13.0. The van der Waals surface area contributed by atoms with Gasteiger partial charge in [0.25, 0.3) is 0 Å². The van der Waals surface area contributed by atoms with Crippen molar-refractivity contribution < 1.29 is 28.6 Å². The van der Waals surface area contributed by atoms with Crippen LogP contribution in [0.5, 0.6) is 0 Å². The van der Waals surface area contributed by atoms with E-state index in [9.17, 15) is 14.4 Å². The van der Waals surface area contributed by atoms with Crippen LogP contribution >= 0.6 is 47.8 Å². The molecule has 45 heavy (non-hydrogen) atoms. The van der Waals surface area contributed by atoms with Crippen molar-refractivity contribution in [2.45, 2.75) is 209 Å². The largest absolute Gasteiger partial charge is 0.423 e. The van der Waals surface area contributed by atoms with Crippen molar-refractivity contribution in [3.8, 4) is 0 Å². The molecule has 0 aliphatic heterocycles. The zero-order valence-electron chi connectivity index (χ0n) is 29.0. The molecule has 0 aromatic carbocycles. The van der Waals surface area contributed by atoms with E-state index in [0.29, 0.717) is 19.3 Å². The molecule has 0 saturated heterocycles. The summed E-state index contributed by atoms with van der Waals surface area (Å²) in [5.74, 6) is -3.66. The summed E-state index contributed by atoms with van der Waals surface area (Å²) in [7, 11) is 0. The van der Waals surface area contributed by atoms with Crippen LogP contribution in [0.4, 0.5) is 0 Å². The van der Waals surface area contributed by atoms with Crippen LogP contribution in [0, 0.1) is 0 Å². The zero-order chi connectivity index (χ0) is 33.8. The molecule has 6 nitrogen and oxygen atoms in total. The first-order chi connectivity index (χ1) is 21.6. The van der Waals surface area contributed by atoms with Crippen molar-refractivity contribution in [2.75, 3.05) is 0 Å². The number of alkyl halides is 3. The van der Waals surface area contributed by atoms with Gasteiger partial charge in [-0.05, 0) is 38.5 Å². The maximum atomic E-state index is 13.0. The highest BCUT2D eigenvalue weighted by Gasteiger charge is 2.42. The van der Waals surface area contributed by atoms with Gasteiger partial charge in [-0.15, -0.1) is 0 Å². The lowest BCUT2D eigenvalue weighted by molar-refractivity contribution is -0.331. The summed E-state index contributed by atoms with van der Waals surface area (Å²) in [6.45, 7) is 8.30. The third-order valence-electron chi connectivity index (χ3n) is 8.09. The lowest BCUT2D eigenvalue weighted by atomic mass is 10.1. The Kier molecular flexibility index (Phi) is 29.8. The smallest absolute Gasteiger partial charge is 0.388 e. The second-order valence-electron chi connectivity index (χ2n) is 12.5. The van der Waals surface area contributed by atoms with E-state index >= 15 is 0 Å². The lowest BCUT2D eigenvalue weighted by Crippen LogP contribution is -2.44. The predicted molar refractivity (Wildman–Crippen MR) is 197 cm³/mol. The van der Waals surface area contributed by atoms with E-state index in [2.05, 4.69) is 68.6 Å². The Morgan fingerprint density at radius 2 is 0.711 bits per heavy atom. The molecule has 0 saturated carbocycles. The third kappa shape index (κ3) is 26.5. The number of carbonyl (C=O) groups excluding carboxylic acids is 3. The van der Waals surface area contributed by atoms with Crippen LogP contribution < -0.4 is 0 Å². The first kappa shape index (κ1) is 44.9. The van der Waals surface area contributed by atoms with Crippen LogP contribution in [0.2, 0.25) is 0 Å². The van der Waals surface area contributed by atoms with Crippen molar-refractivity contribution in [3.63, 3.8) is 0 Å². The van der Waals surface area contributed by atoms with Gasteiger partial charge in [-0.25, -0.2) is 0 Å². The Morgan fingerprint density at radius 3 is 0.956 bits per heavy atom. The van der Waals surface area contributed by atoms with Crippen LogP contribution in [0.3, 0.4) is 0 Å². The number of rotatable bonds is 31. The van der Waals surface area contributed by atoms with Gasteiger partial charge in [0.15, 0.2) is 0 Å². The molecule has 0 aliphatic carbocycles. The second-order valence-corrected chi connectivity index (χ2v) is 16.4. The van der Waals surface area contributed by atoms with Crippen LogP contribution in [0.1, 0.15) is 188 Å². The molecule has 0 spiro atoms. The van der Waals surface area contributed by atoms with Gasteiger partial charge in [0.1, 0.15) is 0 Å².